The van der Waals surface area contributed by atoms with Crippen LogP contribution >= 0.6 is 11.3 Å². The van der Waals surface area contributed by atoms with E-state index in [0.717, 1.165) is 16.5 Å². The molecule has 2 N–H and O–H groups in total. The summed E-state index contributed by atoms with van der Waals surface area (Å²) in [5, 5.41) is 12.9. The molecule has 0 aromatic carbocycles. The molecule has 0 aliphatic rings. The van der Waals surface area contributed by atoms with Crippen LogP contribution in [0.4, 0.5) is 4.79 Å². The minimum Gasteiger partial charge on any atom is -0.478 e. The lowest BCUT2D eigenvalue weighted by molar-refractivity contribution is -0.131. The number of nitrogens with one attached hydrogen (secondary N) is 1. The Morgan fingerprint density at radius 1 is 1.48 bits per heavy atom. The predicted octanol–water partition coefficient (Wildman–Crippen LogP) is 2.72. The lowest BCUT2D eigenvalue weighted by atomic mass is 10.2. The summed E-state index contributed by atoms with van der Waals surface area (Å²) in [6, 6.07) is 1.78. The van der Waals surface area contributed by atoms with Crippen LogP contribution in [0.15, 0.2) is 17.5 Å². The smallest absolute Gasteiger partial charge is 0.408 e. The zero-order valence-electron chi connectivity index (χ0n) is 12.1. The molecule has 0 aliphatic carbocycles. The minimum atomic E-state index is -0.988. The maximum Gasteiger partial charge on any atom is 0.408 e. The van der Waals surface area contributed by atoms with Crippen molar-refractivity contribution in [1.82, 2.24) is 5.32 Å². The molecule has 1 rings (SSSR count). The predicted molar refractivity (Wildman–Crippen MR) is 82.1 cm³/mol. The summed E-state index contributed by atoms with van der Waals surface area (Å²) in [5.41, 5.74) is 0.243. The molecule has 0 bridgehead atoms. The average molecular weight is 307 g/mol. The van der Waals surface area contributed by atoms with Crippen LogP contribution in [0.25, 0.3) is 6.08 Å². The second kappa shape index (κ2) is 7.50. The number of hydrogen-bond acceptors (Lipinski definition) is 4. The molecule has 0 radical (unpaired) electrons. The molecule has 0 spiro atoms. The highest BCUT2D eigenvalue weighted by molar-refractivity contribution is 7.11. The van der Waals surface area contributed by atoms with Gasteiger partial charge in [0.2, 0.25) is 0 Å². The van der Waals surface area contributed by atoms with Crippen molar-refractivity contribution in [2.24, 2.45) is 0 Å². The van der Waals surface area contributed by atoms with Gasteiger partial charge in [0.1, 0.15) is 5.60 Å². The molecular formula is C15H17NO4S. The second-order valence-corrected chi connectivity index (χ2v) is 6.01. The molecule has 112 valence electrons. The van der Waals surface area contributed by atoms with Crippen LogP contribution in [0, 0.1) is 11.8 Å². The number of thiophene rings is 1. The van der Waals surface area contributed by atoms with Gasteiger partial charge in [0, 0.05) is 21.9 Å². The van der Waals surface area contributed by atoms with Crippen LogP contribution < -0.4 is 5.32 Å². The summed E-state index contributed by atoms with van der Waals surface area (Å²) in [6.07, 6.45) is 2.08. The van der Waals surface area contributed by atoms with Gasteiger partial charge in [-0.15, -0.1) is 11.3 Å². The molecule has 6 heteroatoms. The number of rotatable bonds is 3. The fourth-order valence-corrected chi connectivity index (χ4v) is 1.97. The molecule has 0 saturated carbocycles. The van der Waals surface area contributed by atoms with E-state index in [1.54, 1.807) is 26.8 Å². The van der Waals surface area contributed by atoms with Crippen molar-refractivity contribution in [3.8, 4) is 11.8 Å². The Balaban J connectivity index is 2.45. The number of carboxylic acid groups (broad SMARTS) is 1. The Morgan fingerprint density at radius 3 is 2.81 bits per heavy atom. The lowest BCUT2D eigenvalue weighted by Crippen LogP contribution is -2.32. The van der Waals surface area contributed by atoms with Crippen molar-refractivity contribution >= 4 is 29.5 Å². The third kappa shape index (κ3) is 7.80. The largest absolute Gasteiger partial charge is 0.478 e. The van der Waals surface area contributed by atoms with E-state index in [4.69, 9.17) is 9.84 Å². The molecule has 0 fully saturated rings. The topological polar surface area (TPSA) is 75.6 Å². The maximum atomic E-state index is 11.4. The van der Waals surface area contributed by atoms with Crippen LogP contribution in [-0.4, -0.2) is 29.3 Å². The van der Waals surface area contributed by atoms with Gasteiger partial charge in [-0.2, -0.15) is 0 Å². The standard InChI is InChI=1S/C15H17NO4S/c1-15(2,3)20-14(19)16-8-4-5-11-9-12(21-10-11)6-7-13(17)18/h6-7,9-10H,8H2,1-3H3,(H,16,19)(H,17,18)/b7-6+. The maximum absolute atomic E-state index is 11.4. The molecule has 0 unspecified atom stereocenters. The average Bonchev–Trinajstić information content (AvgIpc) is 2.78. The Kier molecular flexibility index (Phi) is 6.00. The first-order valence-electron chi connectivity index (χ1n) is 6.21. The third-order valence-electron chi connectivity index (χ3n) is 1.96. The van der Waals surface area contributed by atoms with Gasteiger partial charge in [-0.1, -0.05) is 11.8 Å². The fourth-order valence-electron chi connectivity index (χ4n) is 1.24. The first kappa shape index (κ1) is 16.8. The number of carbonyl (C=O) groups excluding carboxylic acids is 1. The van der Waals surface area contributed by atoms with Crippen LogP contribution in [0.2, 0.25) is 0 Å². The highest BCUT2D eigenvalue weighted by atomic mass is 32.1. The third-order valence-corrected chi connectivity index (χ3v) is 2.86. The van der Waals surface area contributed by atoms with Gasteiger partial charge in [-0.25, -0.2) is 9.59 Å². The van der Waals surface area contributed by atoms with E-state index in [1.165, 1.54) is 17.4 Å². The van der Waals surface area contributed by atoms with Gasteiger partial charge in [0.25, 0.3) is 0 Å². The van der Waals surface area contributed by atoms with E-state index in [9.17, 15) is 9.59 Å². The van der Waals surface area contributed by atoms with Crippen molar-refractivity contribution in [3.05, 3.63) is 28.0 Å². The fraction of sp³-hybridized carbons (Fsp3) is 0.333. The van der Waals surface area contributed by atoms with Gasteiger partial charge in [0.05, 0.1) is 6.54 Å². The molecule has 0 saturated heterocycles. The van der Waals surface area contributed by atoms with Crippen molar-refractivity contribution < 1.29 is 19.4 Å². The summed E-state index contributed by atoms with van der Waals surface area (Å²) < 4.78 is 5.07. The summed E-state index contributed by atoms with van der Waals surface area (Å²) >= 11 is 1.40. The van der Waals surface area contributed by atoms with Crippen molar-refractivity contribution in [2.45, 2.75) is 26.4 Å². The van der Waals surface area contributed by atoms with E-state index >= 15 is 0 Å². The number of amides is 1. The number of alkyl carbamates (subject to hydrolysis) is 1. The zero-order valence-corrected chi connectivity index (χ0v) is 12.9. The van der Waals surface area contributed by atoms with Crippen molar-refractivity contribution in [1.29, 1.82) is 0 Å². The van der Waals surface area contributed by atoms with Crippen LogP contribution in [0.5, 0.6) is 0 Å². The Morgan fingerprint density at radius 2 is 2.19 bits per heavy atom. The Labute approximate surface area is 127 Å². The SMILES string of the molecule is CC(C)(C)OC(=O)NCC#Cc1csc(/C=C/C(=O)O)c1. The second-order valence-electron chi connectivity index (χ2n) is 5.07. The molecule has 1 aromatic heterocycles. The molecule has 1 amide bonds. The molecule has 0 aliphatic heterocycles. The molecule has 1 heterocycles. The Hall–Kier alpha value is -2.26. The first-order chi connectivity index (χ1) is 9.76. The molecule has 1 aromatic rings. The monoisotopic (exact) mass is 307 g/mol. The van der Waals surface area contributed by atoms with Crippen LogP contribution in [0.1, 0.15) is 31.2 Å². The van der Waals surface area contributed by atoms with Crippen molar-refractivity contribution in [2.75, 3.05) is 6.54 Å². The molecule has 21 heavy (non-hydrogen) atoms. The molecule has 5 nitrogen and oxygen atoms in total. The normalized spacial score (nSPS) is 10.8. The van der Waals surface area contributed by atoms with Gasteiger partial charge in [-0.05, 0) is 32.9 Å². The highest BCUT2D eigenvalue weighted by Gasteiger charge is 2.14. The van der Waals surface area contributed by atoms with Crippen LogP contribution in [-0.2, 0) is 9.53 Å². The Bertz CT molecular complexity index is 599. The first-order valence-corrected chi connectivity index (χ1v) is 7.09. The number of aliphatic carboxylic acids is 1. The van der Waals surface area contributed by atoms with E-state index in [-0.39, 0.29) is 6.54 Å². The summed E-state index contributed by atoms with van der Waals surface area (Å²) in [7, 11) is 0. The minimum absolute atomic E-state index is 0.186. The highest BCUT2D eigenvalue weighted by Crippen LogP contribution is 2.15. The van der Waals surface area contributed by atoms with Gasteiger partial charge in [-0.3, -0.25) is 0 Å². The zero-order chi connectivity index (χ0) is 15.9. The number of carboxylic acids is 1. The van der Waals surface area contributed by atoms with E-state index in [1.807, 2.05) is 5.38 Å². The van der Waals surface area contributed by atoms with E-state index in [0.29, 0.717) is 0 Å². The number of carbonyl (C=O) groups is 2. The molecule has 0 atom stereocenters. The summed E-state index contributed by atoms with van der Waals surface area (Å²) in [5.74, 6) is 4.69. The van der Waals surface area contributed by atoms with Gasteiger partial charge >= 0.3 is 12.1 Å². The summed E-state index contributed by atoms with van der Waals surface area (Å²) in [6.45, 7) is 5.55. The van der Waals surface area contributed by atoms with Gasteiger partial charge < -0.3 is 15.2 Å². The molecular weight excluding hydrogens is 290 g/mol. The number of ether oxygens (including phenoxy) is 1. The quantitative estimate of drug-likeness (QED) is 0.665. The van der Waals surface area contributed by atoms with Gasteiger partial charge in [0.15, 0.2) is 0 Å². The summed E-state index contributed by atoms with van der Waals surface area (Å²) in [4.78, 5) is 22.6. The number of hydrogen-bond donors (Lipinski definition) is 2. The van der Waals surface area contributed by atoms with E-state index < -0.39 is 17.7 Å². The van der Waals surface area contributed by atoms with Crippen molar-refractivity contribution in [3.63, 3.8) is 0 Å². The van der Waals surface area contributed by atoms with E-state index in [2.05, 4.69) is 17.2 Å². The van der Waals surface area contributed by atoms with Crippen LogP contribution in [0.3, 0.4) is 0 Å². The lowest BCUT2D eigenvalue weighted by Gasteiger charge is -2.18.